The van der Waals surface area contributed by atoms with Crippen LogP contribution in [0.15, 0.2) is 35.7 Å². The normalized spacial score (nSPS) is 14.6. The van der Waals surface area contributed by atoms with Gasteiger partial charge < -0.3 is 19.7 Å². The zero-order valence-electron chi connectivity index (χ0n) is 13.1. The number of nitrogens with zero attached hydrogens (tertiary/aromatic N) is 1. The first-order valence-corrected chi connectivity index (χ1v) is 8.46. The summed E-state index contributed by atoms with van der Waals surface area (Å²) in [5.41, 5.74) is 2.31. The van der Waals surface area contributed by atoms with E-state index in [1.165, 1.54) is 0 Å². The third-order valence-electron chi connectivity index (χ3n) is 3.79. The molecule has 122 valence electrons. The van der Waals surface area contributed by atoms with Gasteiger partial charge in [-0.1, -0.05) is 12.1 Å². The molecule has 0 atom stereocenters. The number of hydrogen-bond acceptors (Lipinski definition) is 4. The fourth-order valence-corrected chi connectivity index (χ4v) is 3.28. The van der Waals surface area contributed by atoms with E-state index in [4.69, 9.17) is 9.47 Å². The molecule has 0 saturated carbocycles. The highest BCUT2D eigenvalue weighted by atomic mass is 32.1. The minimum atomic E-state index is -0.0207. The Hall–Kier alpha value is -2.05. The van der Waals surface area contributed by atoms with Crippen LogP contribution in [-0.2, 0) is 11.3 Å². The molecule has 0 unspecified atom stereocenters. The van der Waals surface area contributed by atoms with E-state index in [2.05, 4.69) is 16.8 Å². The highest BCUT2D eigenvalue weighted by Crippen LogP contribution is 2.27. The number of morpholine rings is 1. The first-order chi connectivity index (χ1) is 11.3. The maximum atomic E-state index is 12.1. The average molecular weight is 332 g/mol. The van der Waals surface area contributed by atoms with E-state index in [9.17, 15) is 4.79 Å². The first kappa shape index (κ1) is 15.8. The molecule has 1 saturated heterocycles. The number of rotatable bonds is 4. The Bertz CT molecular complexity index is 648. The van der Waals surface area contributed by atoms with E-state index in [1.807, 2.05) is 24.3 Å². The molecule has 6 heteroatoms. The maximum absolute atomic E-state index is 12.1. The van der Waals surface area contributed by atoms with Crippen molar-refractivity contribution in [3.05, 3.63) is 40.6 Å². The second kappa shape index (κ2) is 7.48. The van der Waals surface area contributed by atoms with E-state index in [0.29, 0.717) is 32.8 Å². The Kier molecular flexibility index (Phi) is 5.15. The van der Waals surface area contributed by atoms with E-state index >= 15 is 0 Å². The summed E-state index contributed by atoms with van der Waals surface area (Å²) in [6, 6.07) is 10.1. The third-order valence-corrected chi connectivity index (χ3v) is 4.73. The number of amides is 2. The van der Waals surface area contributed by atoms with Crippen molar-refractivity contribution in [1.82, 2.24) is 10.2 Å². The lowest BCUT2D eigenvalue weighted by Gasteiger charge is -2.26. The average Bonchev–Trinajstić information content (AvgIpc) is 3.09. The Morgan fingerprint density at radius 3 is 2.70 bits per heavy atom. The van der Waals surface area contributed by atoms with Crippen molar-refractivity contribution < 1.29 is 14.3 Å². The minimum absolute atomic E-state index is 0.0207. The Morgan fingerprint density at radius 1 is 1.26 bits per heavy atom. The summed E-state index contributed by atoms with van der Waals surface area (Å²) in [4.78, 5) is 15.0. The maximum Gasteiger partial charge on any atom is 0.317 e. The molecule has 2 amide bonds. The van der Waals surface area contributed by atoms with Crippen LogP contribution < -0.4 is 10.1 Å². The van der Waals surface area contributed by atoms with Crippen LogP contribution in [0.3, 0.4) is 0 Å². The summed E-state index contributed by atoms with van der Waals surface area (Å²) in [6.07, 6.45) is 0. The highest BCUT2D eigenvalue weighted by Gasteiger charge is 2.16. The summed E-state index contributed by atoms with van der Waals surface area (Å²) in [5.74, 6) is 0.849. The van der Waals surface area contributed by atoms with Gasteiger partial charge in [0.25, 0.3) is 0 Å². The zero-order chi connectivity index (χ0) is 16.1. The van der Waals surface area contributed by atoms with Crippen molar-refractivity contribution in [2.45, 2.75) is 6.54 Å². The second-order valence-electron chi connectivity index (χ2n) is 5.29. The minimum Gasteiger partial charge on any atom is -0.497 e. The third kappa shape index (κ3) is 4.03. The molecule has 1 N–H and O–H groups in total. The van der Waals surface area contributed by atoms with Crippen LogP contribution in [0.25, 0.3) is 11.1 Å². The predicted molar refractivity (Wildman–Crippen MR) is 90.9 cm³/mol. The van der Waals surface area contributed by atoms with E-state index < -0.39 is 0 Å². The van der Waals surface area contributed by atoms with Crippen LogP contribution in [0.1, 0.15) is 4.88 Å². The number of thiophene rings is 1. The summed E-state index contributed by atoms with van der Waals surface area (Å²) in [7, 11) is 1.66. The molecule has 23 heavy (non-hydrogen) atoms. The Morgan fingerprint density at radius 2 is 2.00 bits per heavy atom. The van der Waals surface area contributed by atoms with Crippen molar-refractivity contribution in [2.24, 2.45) is 0 Å². The molecule has 2 aromatic rings. The van der Waals surface area contributed by atoms with Gasteiger partial charge in [0.2, 0.25) is 0 Å². The molecule has 1 aromatic carbocycles. The van der Waals surface area contributed by atoms with Crippen LogP contribution in [0.5, 0.6) is 5.75 Å². The largest absolute Gasteiger partial charge is 0.497 e. The molecular weight excluding hydrogens is 312 g/mol. The Balaban J connectivity index is 1.57. The topological polar surface area (TPSA) is 50.8 Å². The van der Waals surface area contributed by atoms with Gasteiger partial charge in [0.1, 0.15) is 5.75 Å². The van der Waals surface area contributed by atoms with Gasteiger partial charge in [-0.25, -0.2) is 4.79 Å². The molecular formula is C17H20N2O3S. The summed E-state index contributed by atoms with van der Waals surface area (Å²) in [6.45, 7) is 3.11. The number of urea groups is 1. The SMILES string of the molecule is COc1ccc(-c2csc(CNC(=O)N3CCOCC3)c2)cc1. The molecule has 1 aliphatic rings. The van der Waals surface area contributed by atoms with Crippen LogP contribution in [0, 0.1) is 0 Å². The quantitative estimate of drug-likeness (QED) is 0.936. The zero-order valence-corrected chi connectivity index (χ0v) is 13.9. The summed E-state index contributed by atoms with van der Waals surface area (Å²) < 4.78 is 10.4. The van der Waals surface area contributed by atoms with Gasteiger partial charge in [-0.15, -0.1) is 11.3 Å². The van der Waals surface area contributed by atoms with Crippen LogP contribution >= 0.6 is 11.3 Å². The van der Waals surface area contributed by atoms with Crippen LogP contribution in [0.2, 0.25) is 0 Å². The summed E-state index contributed by atoms with van der Waals surface area (Å²) in [5, 5.41) is 5.08. The van der Waals surface area contributed by atoms with Gasteiger partial charge in [-0.3, -0.25) is 0 Å². The molecule has 0 radical (unpaired) electrons. The van der Waals surface area contributed by atoms with Crippen molar-refractivity contribution in [3.63, 3.8) is 0 Å². The van der Waals surface area contributed by atoms with Gasteiger partial charge in [-0.05, 0) is 34.7 Å². The number of carbonyl (C=O) groups excluding carboxylic acids is 1. The summed E-state index contributed by atoms with van der Waals surface area (Å²) >= 11 is 1.65. The lowest BCUT2D eigenvalue weighted by Crippen LogP contribution is -2.45. The number of ether oxygens (including phenoxy) is 2. The van der Waals surface area contributed by atoms with Crippen molar-refractivity contribution in [3.8, 4) is 16.9 Å². The standard InChI is InChI=1S/C17H20N2O3S/c1-21-15-4-2-13(3-5-15)14-10-16(23-12-14)11-18-17(20)19-6-8-22-9-7-19/h2-5,10,12H,6-9,11H2,1H3,(H,18,20). The molecule has 5 nitrogen and oxygen atoms in total. The highest BCUT2D eigenvalue weighted by molar-refractivity contribution is 7.10. The molecule has 0 aliphatic carbocycles. The van der Waals surface area contributed by atoms with Gasteiger partial charge in [0.15, 0.2) is 0 Å². The Labute approximate surface area is 139 Å². The van der Waals surface area contributed by atoms with E-state index in [-0.39, 0.29) is 6.03 Å². The van der Waals surface area contributed by atoms with Gasteiger partial charge in [0, 0.05) is 18.0 Å². The number of benzene rings is 1. The molecule has 3 rings (SSSR count). The monoisotopic (exact) mass is 332 g/mol. The number of hydrogen-bond donors (Lipinski definition) is 1. The van der Waals surface area contributed by atoms with E-state index in [1.54, 1.807) is 23.3 Å². The van der Waals surface area contributed by atoms with Gasteiger partial charge in [-0.2, -0.15) is 0 Å². The fourth-order valence-electron chi connectivity index (χ4n) is 2.45. The number of nitrogens with one attached hydrogen (secondary N) is 1. The predicted octanol–water partition coefficient (Wildman–Crippen LogP) is 2.97. The van der Waals surface area contributed by atoms with Gasteiger partial charge in [0.05, 0.1) is 26.9 Å². The smallest absolute Gasteiger partial charge is 0.317 e. The van der Waals surface area contributed by atoms with Crippen LogP contribution in [0.4, 0.5) is 4.79 Å². The molecule has 1 aliphatic heterocycles. The fraction of sp³-hybridized carbons (Fsp3) is 0.353. The molecule has 0 spiro atoms. The lowest BCUT2D eigenvalue weighted by atomic mass is 10.1. The second-order valence-corrected chi connectivity index (χ2v) is 6.28. The number of methoxy groups -OCH3 is 1. The molecule has 0 bridgehead atoms. The van der Waals surface area contributed by atoms with Crippen molar-refractivity contribution in [2.75, 3.05) is 33.4 Å². The first-order valence-electron chi connectivity index (χ1n) is 7.58. The van der Waals surface area contributed by atoms with Crippen molar-refractivity contribution >= 4 is 17.4 Å². The van der Waals surface area contributed by atoms with Crippen molar-refractivity contribution in [1.29, 1.82) is 0 Å². The molecule has 2 heterocycles. The lowest BCUT2D eigenvalue weighted by molar-refractivity contribution is 0.0531. The molecule has 1 aromatic heterocycles. The van der Waals surface area contributed by atoms with E-state index in [0.717, 1.165) is 21.8 Å². The van der Waals surface area contributed by atoms with Crippen LogP contribution in [-0.4, -0.2) is 44.3 Å². The number of carbonyl (C=O) groups is 1. The van der Waals surface area contributed by atoms with Gasteiger partial charge >= 0.3 is 6.03 Å². The molecule has 1 fully saturated rings.